The molecule has 0 aromatic heterocycles. The Hall–Kier alpha value is -1.11. The van der Waals surface area contributed by atoms with Crippen molar-refractivity contribution >= 4 is 6.29 Å². The van der Waals surface area contributed by atoms with Crippen LogP contribution in [-0.4, -0.2) is 6.29 Å². The van der Waals surface area contributed by atoms with E-state index in [1.807, 2.05) is 6.07 Å². The van der Waals surface area contributed by atoms with E-state index in [-0.39, 0.29) is 0 Å². The lowest BCUT2D eigenvalue weighted by Gasteiger charge is -2.16. The summed E-state index contributed by atoms with van der Waals surface area (Å²) in [6.07, 6.45) is 7.70. The summed E-state index contributed by atoms with van der Waals surface area (Å²) >= 11 is 0. The zero-order valence-electron chi connectivity index (χ0n) is 11.4. The van der Waals surface area contributed by atoms with Crippen molar-refractivity contribution in [2.45, 2.75) is 59.3 Å². The molecule has 0 aliphatic carbocycles. The Morgan fingerprint density at radius 2 is 1.47 bits per heavy atom. The minimum atomic E-state index is 0.898. The first-order valence-electron chi connectivity index (χ1n) is 6.87. The topological polar surface area (TPSA) is 17.1 Å². The molecule has 0 heterocycles. The predicted octanol–water partition coefficient (Wildman–Crippen LogP) is 4.36. The average molecular weight is 232 g/mol. The Balaban J connectivity index is 3.24. The summed E-state index contributed by atoms with van der Waals surface area (Å²) in [5.41, 5.74) is 5.09. The molecule has 0 N–H and O–H groups in total. The second-order valence-corrected chi connectivity index (χ2v) is 4.64. The van der Waals surface area contributed by atoms with E-state index in [0.29, 0.717) is 0 Å². The van der Waals surface area contributed by atoms with Crippen LogP contribution in [0.1, 0.15) is 67.1 Å². The second-order valence-electron chi connectivity index (χ2n) is 4.64. The normalized spacial score (nSPS) is 10.5. The van der Waals surface area contributed by atoms with Gasteiger partial charge in [-0.25, -0.2) is 0 Å². The molecule has 94 valence electrons. The molecule has 1 aromatic carbocycles. The van der Waals surface area contributed by atoms with Crippen molar-refractivity contribution in [3.05, 3.63) is 34.4 Å². The summed E-state index contributed by atoms with van der Waals surface area (Å²) in [5, 5.41) is 0. The van der Waals surface area contributed by atoms with Crippen molar-refractivity contribution < 1.29 is 4.79 Å². The van der Waals surface area contributed by atoms with Crippen molar-refractivity contribution in [2.24, 2.45) is 0 Å². The Bertz CT molecular complexity index is 366. The van der Waals surface area contributed by atoms with Crippen molar-refractivity contribution in [3.63, 3.8) is 0 Å². The summed E-state index contributed by atoms with van der Waals surface area (Å²) in [6, 6.07) is 4.15. The van der Waals surface area contributed by atoms with Crippen LogP contribution in [0.4, 0.5) is 0 Å². The maximum absolute atomic E-state index is 11.1. The van der Waals surface area contributed by atoms with Crippen molar-refractivity contribution in [2.75, 3.05) is 0 Å². The number of carbonyl (C=O) groups is 1. The van der Waals surface area contributed by atoms with E-state index in [1.54, 1.807) is 0 Å². The molecule has 1 rings (SSSR count). The van der Waals surface area contributed by atoms with Crippen molar-refractivity contribution in [3.8, 4) is 0 Å². The molecule has 1 nitrogen and oxygen atoms in total. The average Bonchev–Trinajstić information content (AvgIpc) is 2.34. The van der Waals surface area contributed by atoms with Gasteiger partial charge in [-0.3, -0.25) is 4.79 Å². The van der Waals surface area contributed by atoms with E-state index in [9.17, 15) is 4.79 Å². The quantitative estimate of drug-likeness (QED) is 0.638. The maximum Gasteiger partial charge on any atom is 0.150 e. The third-order valence-electron chi connectivity index (χ3n) is 3.21. The van der Waals surface area contributed by atoms with Gasteiger partial charge in [0.15, 0.2) is 0 Å². The predicted molar refractivity (Wildman–Crippen MR) is 73.8 cm³/mol. The van der Waals surface area contributed by atoms with E-state index in [4.69, 9.17) is 0 Å². The Morgan fingerprint density at radius 1 is 0.882 bits per heavy atom. The van der Waals surface area contributed by atoms with Crippen molar-refractivity contribution in [1.29, 1.82) is 0 Å². The summed E-state index contributed by atoms with van der Waals surface area (Å²) in [7, 11) is 0. The number of benzene rings is 1. The molecule has 0 saturated heterocycles. The van der Waals surface area contributed by atoms with E-state index < -0.39 is 0 Å². The SMILES string of the molecule is CCCc1ccc(C=O)c(CCC)c1CCC. The molecule has 0 radical (unpaired) electrons. The molecule has 0 aliphatic rings. The van der Waals surface area contributed by atoms with Crippen LogP contribution in [0.15, 0.2) is 12.1 Å². The Morgan fingerprint density at radius 3 is 2.00 bits per heavy atom. The highest BCUT2D eigenvalue weighted by Gasteiger charge is 2.11. The third-order valence-corrected chi connectivity index (χ3v) is 3.21. The van der Waals surface area contributed by atoms with Gasteiger partial charge in [-0.05, 0) is 36.0 Å². The number of aldehydes is 1. The van der Waals surface area contributed by atoms with Crippen LogP contribution in [0, 0.1) is 0 Å². The first-order valence-corrected chi connectivity index (χ1v) is 6.87. The van der Waals surface area contributed by atoms with Crippen LogP contribution in [0.25, 0.3) is 0 Å². The van der Waals surface area contributed by atoms with Gasteiger partial charge in [0, 0.05) is 5.56 Å². The van der Waals surface area contributed by atoms with E-state index in [0.717, 1.165) is 44.0 Å². The van der Waals surface area contributed by atoms with Gasteiger partial charge in [0.25, 0.3) is 0 Å². The number of rotatable bonds is 7. The largest absolute Gasteiger partial charge is 0.298 e. The van der Waals surface area contributed by atoms with Crippen LogP contribution >= 0.6 is 0 Å². The maximum atomic E-state index is 11.1. The molecule has 0 amide bonds. The minimum absolute atomic E-state index is 0.898. The lowest BCUT2D eigenvalue weighted by atomic mass is 9.89. The van der Waals surface area contributed by atoms with Crippen LogP contribution < -0.4 is 0 Å². The highest BCUT2D eigenvalue weighted by atomic mass is 16.1. The Kier molecular flexibility index (Phi) is 5.96. The van der Waals surface area contributed by atoms with Gasteiger partial charge in [0.2, 0.25) is 0 Å². The molecule has 0 unspecified atom stereocenters. The molecule has 0 fully saturated rings. The molecule has 0 spiro atoms. The third kappa shape index (κ3) is 3.42. The molecule has 0 aliphatic heterocycles. The van der Waals surface area contributed by atoms with Gasteiger partial charge < -0.3 is 0 Å². The van der Waals surface area contributed by atoms with Gasteiger partial charge in [0.1, 0.15) is 6.29 Å². The van der Waals surface area contributed by atoms with Gasteiger partial charge in [-0.15, -0.1) is 0 Å². The highest BCUT2D eigenvalue weighted by Crippen LogP contribution is 2.23. The van der Waals surface area contributed by atoms with Gasteiger partial charge in [0.05, 0.1) is 0 Å². The molecule has 17 heavy (non-hydrogen) atoms. The molecule has 0 saturated carbocycles. The first-order chi connectivity index (χ1) is 8.28. The van der Waals surface area contributed by atoms with Gasteiger partial charge in [-0.2, -0.15) is 0 Å². The number of hydrogen-bond donors (Lipinski definition) is 0. The fraction of sp³-hybridized carbons (Fsp3) is 0.562. The van der Waals surface area contributed by atoms with Crippen LogP contribution in [0.2, 0.25) is 0 Å². The molecule has 1 aromatic rings. The van der Waals surface area contributed by atoms with E-state index >= 15 is 0 Å². The number of carbonyl (C=O) groups excluding carboxylic acids is 1. The van der Waals surface area contributed by atoms with E-state index in [2.05, 4.69) is 26.8 Å². The van der Waals surface area contributed by atoms with Crippen LogP contribution in [-0.2, 0) is 19.3 Å². The smallest absolute Gasteiger partial charge is 0.150 e. The standard InChI is InChI=1S/C16H24O/c1-4-7-13-10-11-14(12-17)16(9-6-3)15(13)8-5-2/h10-12H,4-9H2,1-3H3. The fourth-order valence-corrected chi connectivity index (χ4v) is 2.48. The summed E-state index contributed by atoms with van der Waals surface area (Å²) in [5.74, 6) is 0. The Labute approximate surface area is 105 Å². The van der Waals surface area contributed by atoms with Gasteiger partial charge in [-0.1, -0.05) is 52.2 Å². The number of hydrogen-bond acceptors (Lipinski definition) is 1. The lowest BCUT2D eigenvalue weighted by Crippen LogP contribution is -2.04. The highest BCUT2D eigenvalue weighted by molar-refractivity contribution is 5.78. The first kappa shape index (κ1) is 14.0. The summed E-state index contributed by atoms with van der Waals surface area (Å²) in [6.45, 7) is 6.60. The van der Waals surface area contributed by atoms with Crippen LogP contribution in [0.5, 0.6) is 0 Å². The van der Waals surface area contributed by atoms with E-state index in [1.165, 1.54) is 23.1 Å². The summed E-state index contributed by atoms with van der Waals surface area (Å²) < 4.78 is 0. The fourth-order valence-electron chi connectivity index (χ4n) is 2.48. The van der Waals surface area contributed by atoms with Gasteiger partial charge >= 0.3 is 0 Å². The molecule has 1 heteroatoms. The molecule has 0 bridgehead atoms. The zero-order chi connectivity index (χ0) is 12.7. The lowest BCUT2D eigenvalue weighted by molar-refractivity contribution is 0.112. The van der Waals surface area contributed by atoms with Crippen LogP contribution in [0.3, 0.4) is 0 Å². The second kappa shape index (κ2) is 7.26. The van der Waals surface area contributed by atoms with Crippen molar-refractivity contribution in [1.82, 2.24) is 0 Å². The number of aryl methyl sites for hydroxylation is 1. The zero-order valence-corrected chi connectivity index (χ0v) is 11.4. The monoisotopic (exact) mass is 232 g/mol. The molecular formula is C16H24O. The molecular weight excluding hydrogens is 208 g/mol. The minimum Gasteiger partial charge on any atom is -0.298 e. The summed E-state index contributed by atoms with van der Waals surface area (Å²) in [4.78, 5) is 11.1. The molecule has 0 atom stereocenters.